The first-order valence-corrected chi connectivity index (χ1v) is 8.88. The topological polar surface area (TPSA) is 90.1 Å². The van der Waals surface area contributed by atoms with Gasteiger partial charge in [0, 0.05) is 0 Å². The standard InChI is InChI=1S/C11H12ClF3N2O2.C6H4ClF3N2/c1-10(2,3)19-9(18)16-6-4-5-7(12)17-8(6)11(13,14)15;7-4-2-1-3(11)5(12-4)6(8,9)10/h4-5H,1-3H3,(H,16,18);1-2H,11H2. The number of alkyl halides is 6. The van der Waals surface area contributed by atoms with Gasteiger partial charge in [-0.2, -0.15) is 26.3 Å². The Hall–Kier alpha value is -2.47. The van der Waals surface area contributed by atoms with E-state index >= 15 is 0 Å². The molecule has 2 rings (SSSR count). The number of pyridine rings is 2. The first-order valence-electron chi connectivity index (χ1n) is 8.13. The second kappa shape index (κ2) is 9.77. The molecule has 6 nitrogen and oxygen atoms in total. The molecule has 0 saturated heterocycles. The lowest BCUT2D eigenvalue weighted by Gasteiger charge is -2.20. The lowest BCUT2D eigenvalue weighted by molar-refractivity contribution is -0.141. The van der Waals surface area contributed by atoms with Crippen molar-refractivity contribution >= 4 is 40.7 Å². The number of carbonyl (C=O) groups is 1. The molecule has 2 aromatic rings. The van der Waals surface area contributed by atoms with E-state index in [1.54, 1.807) is 20.8 Å². The number of nitrogens with two attached hydrogens (primary N) is 1. The van der Waals surface area contributed by atoms with Gasteiger partial charge in [-0.3, -0.25) is 5.32 Å². The fourth-order valence-electron chi connectivity index (χ4n) is 1.84. The number of nitrogens with zero attached hydrogens (tertiary/aromatic N) is 2. The van der Waals surface area contributed by atoms with Crippen LogP contribution >= 0.6 is 23.2 Å². The maximum atomic E-state index is 12.7. The van der Waals surface area contributed by atoms with Crippen LogP contribution in [-0.2, 0) is 17.1 Å². The molecule has 2 heterocycles. The molecular weight excluding hydrogens is 477 g/mol. The van der Waals surface area contributed by atoms with E-state index in [1.165, 1.54) is 6.07 Å². The highest BCUT2D eigenvalue weighted by Gasteiger charge is 2.37. The summed E-state index contributed by atoms with van der Waals surface area (Å²) in [5, 5.41) is 1.46. The van der Waals surface area contributed by atoms with Gasteiger partial charge >= 0.3 is 18.4 Å². The fraction of sp³-hybridized carbons (Fsp3) is 0.353. The molecule has 2 aromatic heterocycles. The summed E-state index contributed by atoms with van der Waals surface area (Å²) in [6.07, 6.45) is -10.3. The van der Waals surface area contributed by atoms with Crippen molar-refractivity contribution in [3.05, 3.63) is 46.0 Å². The summed E-state index contributed by atoms with van der Waals surface area (Å²) in [4.78, 5) is 17.7. The summed E-state index contributed by atoms with van der Waals surface area (Å²) in [5.41, 5.74) is 0.869. The average Bonchev–Trinajstić information content (AvgIpc) is 2.55. The SMILES string of the molecule is CC(C)(C)OC(=O)Nc1ccc(Cl)nc1C(F)(F)F.Nc1ccc(Cl)nc1C(F)(F)F. The number of hydrogen-bond donors (Lipinski definition) is 2. The Balaban J connectivity index is 0.000000343. The summed E-state index contributed by atoms with van der Waals surface area (Å²) in [5.74, 6) is 0. The van der Waals surface area contributed by atoms with E-state index in [-0.39, 0.29) is 10.3 Å². The van der Waals surface area contributed by atoms with Crippen molar-refractivity contribution in [2.24, 2.45) is 0 Å². The van der Waals surface area contributed by atoms with Crippen molar-refractivity contribution in [1.82, 2.24) is 9.97 Å². The number of halogens is 8. The van der Waals surface area contributed by atoms with Crippen LogP contribution in [0, 0.1) is 0 Å². The fourth-order valence-corrected chi connectivity index (χ4v) is 2.13. The third-order valence-corrected chi connectivity index (χ3v) is 3.35. The summed E-state index contributed by atoms with van der Waals surface area (Å²) >= 11 is 10.7. The minimum Gasteiger partial charge on any atom is -0.444 e. The second-order valence-corrected chi connectivity index (χ2v) is 7.50. The Kier molecular flexibility index (Phi) is 8.37. The van der Waals surface area contributed by atoms with Crippen LogP contribution in [0.1, 0.15) is 32.2 Å². The Morgan fingerprint density at radius 2 is 1.35 bits per heavy atom. The smallest absolute Gasteiger partial charge is 0.435 e. The van der Waals surface area contributed by atoms with E-state index in [9.17, 15) is 31.1 Å². The summed E-state index contributed by atoms with van der Waals surface area (Å²) < 4.78 is 79.1. The third kappa shape index (κ3) is 9.05. The van der Waals surface area contributed by atoms with Gasteiger partial charge in [0.05, 0.1) is 11.4 Å². The van der Waals surface area contributed by atoms with E-state index in [0.717, 1.165) is 18.2 Å². The number of nitrogen functional groups attached to an aromatic ring is 1. The molecule has 0 saturated carbocycles. The Bertz CT molecular complexity index is 930. The number of anilines is 2. The van der Waals surface area contributed by atoms with Gasteiger partial charge in [0.15, 0.2) is 11.4 Å². The molecule has 3 N–H and O–H groups in total. The largest absolute Gasteiger partial charge is 0.444 e. The normalized spacial score (nSPS) is 12.0. The molecule has 0 unspecified atom stereocenters. The number of rotatable bonds is 1. The quantitative estimate of drug-likeness (QED) is 0.353. The molecule has 0 aliphatic heterocycles. The molecule has 0 atom stereocenters. The Morgan fingerprint density at radius 3 is 1.77 bits per heavy atom. The number of nitrogens with one attached hydrogen (secondary N) is 1. The lowest BCUT2D eigenvalue weighted by Crippen LogP contribution is -2.28. The van der Waals surface area contributed by atoms with E-state index in [4.69, 9.17) is 33.7 Å². The number of aromatic nitrogens is 2. The van der Waals surface area contributed by atoms with Crippen LogP contribution in [0.15, 0.2) is 24.3 Å². The van der Waals surface area contributed by atoms with E-state index in [1.807, 2.05) is 5.32 Å². The van der Waals surface area contributed by atoms with Crippen LogP contribution in [0.4, 0.5) is 42.5 Å². The third-order valence-electron chi connectivity index (χ3n) is 2.93. The number of ether oxygens (including phenoxy) is 1. The predicted molar refractivity (Wildman–Crippen MR) is 103 cm³/mol. The molecule has 0 radical (unpaired) electrons. The van der Waals surface area contributed by atoms with Gasteiger partial charge in [-0.1, -0.05) is 23.2 Å². The Labute approximate surface area is 182 Å². The van der Waals surface area contributed by atoms with Crippen molar-refractivity contribution < 1.29 is 35.9 Å². The first kappa shape index (κ1) is 26.6. The summed E-state index contributed by atoms with van der Waals surface area (Å²) in [6.45, 7) is 4.78. The van der Waals surface area contributed by atoms with Gasteiger partial charge in [0.25, 0.3) is 0 Å². The Morgan fingerprint density at radius 1 is 0.903 bits per heavy atom. The molecule has 1 amide bonds. The van der Waals surface area contributed by atoms with E-state index in [0.29, 0.717) is 0 Å². The van der Waals surface area contributed by atoms with Crippen molar-refractivity contribution in [2.45, 2.75) is 38.7 Å². The highest BCUT2D eigenvalue weighted by molar-refractivity contribution is 6.29. The maximum absolute atomic E-state index is 12.7. The molecule has 0 aromatic carbocycles. The zero-order valence-corrected chi connectivity index (χ0v) is 17.6. The van der Waals surface area contributed by atoms with Crippen LogP contribution in [0.2, 0.25) is 10.3 Å². The van der Waals surface area contributed by atoms with Gasteiger partial charge in [-0.05, 0) is 45.0 Å². The number of amides is 1. The van der Waals surface area contributed by atoms with Gasteiger partial charge in [-0.25, -0.2) is 14.8 Å². The predicted octanol–water partition coefficient (Wildman–Crippen LogP) is 6.44. The second-order valence-electron chi connectivity index (χ2n) is 6.72. The highest BCUT2D eigenvalue weighted by Crippen LogP contribution is 2.34. The van der Waals surface area contributed by atoms with Crippen LogP contribution in [0.3, 0.4) is 0 Å². The minimum absolute atomic E-state index is 0.225. The lowest BCUT2D eigenvalue weighted by atomic mass is 10.2. The van der Waals surface area contributed by atoms with Crippen LogP contribution in [0.25, 0.3) is 0 Å². The molecule has 0 aliphatic rings. The molecule has 31 heavy (non-hydrogen) atoms. The minimum atomic E-state index is -4.73. The zero-order chi connectivity index (χ0) is 24.2. The molecule has 172 valence electrons. The van der Waals surface area contributed by atoms with Gasteiger partial charge in [0.2, 0.25) is 0 Å². The highest BCUT2D eigenvalue weighted by atomic mass is 35.5. The molecule has 0 spiro atoms. The van der Waals surface area contributed by atoms with Crippen LogP contribution in [-0.4, -0.2) is 21.7 Å². The van der Waals surface area contributed by atoms with Crippen molar-refractivity contribution in [1.29, 1.82) is 0 Å². The molecule has 0 fully saturated rings. The molecular formula is C17H16Cl2F6N4O2. The number of carbonyl (C=O) groups excluding carboxylic acids is 1. The van der Waals surface area contributed by atoms with Crippen LogP contribution in [0.5, 0.6) is 0 Å². The maximum Gasteiger partial charge on any atom is 0.435 e. The monoisotopic (exact) mass is 492 g/mol. The summed E-state index contributed by atoms with van der Waals surface area (Å²) in [7, 11) is 0. The average molecular weight is 493 g/mol. The molecule has 0 aliphatic carbocycles. The van der Waals surface area contributed by atoms with E-state index in [2.05, 4.69) is 9.97 Å². The van der Waals surface area contributed by atoms with Crippen molar-refractivity contribution in [3.8, 4) is 0 Å². The van der Waals surface area contributed by atoms with Crippen molar-refractivity contribution in [3.63, 3.8) is 0 Å². The van der Waals surface area contributed by atoms with Gasteiger partial charge < -0.3 is 10.5 Å². The summed E-state index contributed by atoms with van der Waals surface area (Å²) in [6, 6.07) is 4.43. The molecule has 0 bridgehead atoms. The first-order chi connectivity index (χ1) is 13.9. The molecule has 14 heteroatoms. The number of hydrogen-bond acceptors (Lipinski definition) is 5. The van der Waals surface area contributed by atoms with E-state index < -0.39 is 46.8 Å². The zero-order valence-electron chi connectivity index (χ0n) is 16.1. The van der Waals surface area contributed by atoms with Crippen molar-refractivity contribution in [2.75, 3.05) is 11.1 Å². The van der Waals surface area contributed by atoms with Crippen LogP contribution < -0.4 is 11.1 Å². The van der Waals surface area contributed by atoms with Gasteiger partial charge in [0.1, 0.15) is 15.9 Å². The van der Waals surface area contributed by atoms with Gasteiger partial charge in [-0.15, -0.1) is 0 Å².